The SMILES string of the molecule is CCc1cnc(N2CCC(n3nnc4cc(-c5cc(F)c(C(=O)NCCOC)cc5C)ncc43)CC2)nc1. The summed E-state index contributed by atoms with van der Waals surface area (Å²) >= 11 is 0. The molecule has 38 heavy (non-hydrogen) atoms. The monoisotopic (exact) mass is 518 g/mol. The minimum atomic E-state index is -0.605. The second kappa shape index (κ2) is 11.2. The molecule has 1 aromatic carbocycles. The zero-order valence-corrected chi connectivity index (χ0v) is 21.8. The van der Waals surface area contributed by atoms with Crippen LogP contribution in [0.3, 0.4) is 0 Å². The molecule has 0 bridgehead atoms. The van der Waals surface area contributed by atoms with Crippen molar-refractivity contribution in [2.24, 2.45) is 0 Å². The molecule has 1 N–H and O–H groups in total. The summed E-state index contributed by atoms with van der Waals surface area (Å²) in [4.78, 5) is 28.2. The summed E-state index contributed by atoms with van der Waals surface area (Å²) < 4.78 is 21.7. The quantitative estimate of drug-likeness (QED) is 0.353. The van der Waals surface area contributed by atoms with Crippen molar-refractivity contribution in [1.29, 1.82) is 0 Å². The highest BCUT2D eigenvalue weighted by atomic mass is 19.1. The van der Waals surface area contributed by atoms with E-state index >= 15 is 0 Å². The number of hydrogen-bond acceptors (Lipinski definition) is 8. The lowest BCUT2D eigenvalue weighted by Gasteiger charge is -2.32. The summed E-state index contributed by atoms with van der Waals surface area (Å²) in [6.45, 7) is 6.24. The van der Waals surface area contributed by atoms with Gasteiger partial charge >= 0.3 is 0 Å². The van der Waals surface area contributed by atoms with Crippen LogP contribution in [0.5, 0.6) is 0 Å². The standard InChI is InChI=1S/C27H31FN8O2/c1-4-18-14-31-27(32-15-18)35-8-5-19(6-9-35)36-25-16-30-23(13-24(25)33-34-36)20-12-22(28)21(11-17(20)2)26(37)29-7-10-38-3/h11-16,19H,4-10H2,1-3H3,(H,29,37). The molecule has 11 heteroatoms. The number of hydrogen-bond donors (Lipinski definition) is 1. The number of anilines is 1. The van der Waals surface area contributed by atoms with Crippen molar-refractivity contribution < 1.29 is 13.9 Å². The molecule has 4 aromatic rings. The number of carbonyl (C=O) groups excluding carboxylic acids is 1. The third kappa shape index (κ3) is 5.19. The van der Waals surface area contributed by atoms with Crippen LogP contribution in [-0.4, -0.2) is 69.2 Å². The summed E-state index contributed by atoms with van der Waals surface area (Å²) in [6, 6.07) is 4.90. The van der Waals surface area contributed by atoms with Crippen molar-refractivity contribution in [3.63, 3.8) is 0 Å². The lowest BCUT2D eigenvalue weighted by molar-refractivity contribution is 0.0933. The van der Waals surface area contributed by atoms with Crippen molar-refractivity contribution in [2.75, 3.05) is 38.3 Å². The van der Waals surface area contributed by atoms with Gasteiger partial charge in [0.1, 0.15) is 16.9 Å². The Balaban J connectivity index is 1.31. The van der Waals surface area contributed by atoms with Crippen molar-refractivity contribution in [3.05, 3.63) is 59.3 Å². The van der Waals surface area contributed by atoms with E-state index in [9.17, 15) is 9.18 Å². The molecule has 1 aliphatic heterocycles. The van der Waals surface area contributed by atoms with Crippen LogP contribution in [0, 0.1) is 12.7 Å². The molecule has 1 aliphatic rings. The van der Waals surface area contributed by atoms with E-state index < -0.39 is 11.7 Å². The molecule has 1 fully saturated rings. The van der Waals surface area contributed by atoms with Gasteiger partial charge in [-0.2, -0.15) is 0 Å². The molecule has 0 spiro atoms. The molecule has 0 radical (unpaired) electrons. The van der Waals surface area contributed by atoms with E-state index in [4.69, 9.17) is 4.74 Å². The van der Waals surface area contributed by atoms with Gasteiger partial charge < -0.3 is 15.0 Å². The molecule has 0 aliphatic carbocycles. The van der Waals surface area contributed by atoms with Crippen molar-refractivity contribution >= 4 is 22.9 Å². The topological polar surface area (TPSA) is 111 Å². The van der Waals surface area contributed by atoms with Gasteiger partial charge in [0.25, 0.3) is 5.91 Å². The van der Waals surface area contributed by atoms with E-state index in [1.807, 2.05) is 30.1 Å². The van der Waals surface area contributed by atoms with Crippen LogP contribution in [0.2, 0.25) is 0 Å². The van der Waals surface area contributed by atoms with Gasteiger partial charge in [0.15, 0.2) is 0 Å². The third-order valence-electron chi connectivity index (χ3n) is 6.98. The number of methoxy groups -OCH3 is 1. The molecule has 198 valence electrons. The number of benzene rings is 1. The Morgan fingerprint density at radius 3 is 2.61 bits per heavy atom. The number of aryl methyl sites for hydroxylation is 2. The Labute approximate surface area is 220 Å². The summed E-state index contributed by atoms with van der Waals surface area (Å²) in [7, 11) is 1.54. The number of pyridine rings is 1. The molecule has 3 aromatic heterocycles. The molecule has 0 atom stereocenters. The van der Waals surface area contributed by atoms with E-state index in [2.05, 4.69) is 42.4 Å². The molecule has 0 unspecified atom stereocenters. The van der Waals surface area contributed by atoms with Crippen LogP contribution in [0.15, 0.2) is 36.8 Å². The number of amides is 1. The number of fused-ring (bicyclic) bond motifs is 1. The van der Waals surface area contributed by atoms with Crippen molar-refractivity contribution in [2.45, 2.75) is 39.2 Å². The van der Waals surface area contributed by atoms with Crippen LogP contribution >= 0.6 is 0 Å². The highest BCUT2D eigenvalue weighted by Gasteiger charge is 2.25. The fourth-order valence-corrected chi connectivity index (χ4v) is 4.75. The van der Waals surface area contributed by atoms with E-state index in [-0.39, 0.29) is 11.6 Å². The average Bonchev–Trinajstić information content (AvgIpc) is 3.37. The fourth-order valence-electron chi connectivity index (χ4n) is 4.75. The number of nitrogens with zero attached hydrogens (tertiary/aromatic N) is 7. The second-order valence-corrected chi connectivity index (χ2v) is 9.45. The number of carbonyl (C=O) groups is 1. The molecule has 0 saturated carbocycles. The van der Waals surface area contributed by atoms with E-state index in [1.165, 1.54) is 6.07 Å². The van der Waals surface area contributed by atoms with Crippen LogP contribution < -0.4 is 10.2 Å². The number of piperidine rings is 1. The van der Waals surface area contributed by atoms with E-state index in [0.29, 0.717) is 29.9 Å². The van der Waals surface area contributed by atoms with Crippen molar-refractivity contribution in [3.8, 4) is 11.3 Å². The zero-order valence-electron chi connectivity index (χ0n) is 21.8. The number of aromatic nitrogens is 6. The average molecular weight is 519 g/mol. The summed E-state index contributed by atoms with van der Waals surface area (Å²) in [5.74, 6) is -0.321. The van der Waals surface area contributed by atoms with Crippen LogP contribution in [0.25, 0.3) is 22.3 Å². The lowest BCUT2D eigenvalue weighted by Crippen LogP contribution is -2.36. The van der Waals surface area contributed by atoms with Gasteiger partial charge in [0, 0.05) is 44.7 Å². The molecular weight excluding hydrogens is 487 g/mol. The summed E-state index contributed by atoms with van der Waals surface area (Å²) in [5, 5.41) is 11.5. The highest BCUT2D eigenvalue weighted by molar-refractivity contribution is 5.95. The Bertz CT molecular complexity index is 1430. The molecule has 4 heterocycles. The molecule has 1 amide bonds. The smallest absolute Gasteiger partial charge is 0.254 e. The maximum Gasteiger partial charge on any atom is 0.254 e. The van der Waals surface area contributed by atoms with Crippen LogP contribution in [-0.2, 0) is 11.2 Å². The van der Waals surface area contributed by atoms with Crippen LogP contribution in [0.4, 0.5) is 10.3 Å². The number of rotatable bonds is 8. The first-order valence-electron chi connectivity index (χ1n) is 12.8. The van der Waals surface area contributed by atoms with Crippen molar-refractivity contribution in [1.82, 2.24) is 35.3 Å². The summed E-state index contributed by atoms with van der Waals surface area (Å²) in [6.07, 6.45) is 8.22. The van der Waals surface area contributed by atoms with Gasteiger partial charge in [0.05, 0.1) is 30.1 Å². The molecular formula is C27H31FN8O2. The minimum Gasteiger partial charge on any atom is -0.383 e. The van der Waals surface area contributed by atoms with E-state index in [0.717, 1.165) is 54.9 Å². The normalized spacial score (nSPS) is 14.3. The fraction of sp³-hybridized carbons (Fsp3) is 0.407. The predicted molar refractivity (Wildman–Crippen MR) is 142 cm³/mol. The van der Waals surface area contributed by atoms with Gasteiger partial charge in [-0.15, -0.1) is 5.10 Å². The lowest BCUT2D eigenvalue weighted by atomic mass is 10.0. The van der Waals surface area contributed by atoms with Gasteiger partial charge in [-0.1, -0.05) is 12.1 Å². The number of nitrogens with one attached hydrogen (secondary N) is 1. The molecule has 5 rings (SSSR count). The maximum atomic E-state index is 14.9. The number of ether oxygens (including phenoxy) is 1. The Morgan fingerprint density at radius 1 is 1.13 bits per heavy atom. The summed E-state index contributed by atoms with van der Waals surface area (Å²) in [5.41, 5.74) is 4.57. The Kier molecular flexibility index (Phi) is 7.54. The number of halogens is 1. The highest BCUT2D eigenvalue weighted by Crippen LogP contribution is 2.30. The first-order valence-corrected chi connectivity index (χ1v) is 12.8. The third-order valence-corrected chi connectivity index (χ3v) is 6.98. The zero-order chi connectivity index (χ0) is 26.6. The second-order valence-electron chi connectivity index (χ2n) is 9.45. The Hall–Kier alpha value is -3.99. The first-order chi connectivity index (χ1) is 18.5. The van der Waals surface area contributed by atoms with Gasteiger partial charge in [-0.3, -0.25) is 9.78 Å². The largest absolute Gasteiger partial charge is 0.383 e. The Morgan fingerprint density at radius 2 is 1.89 bits per heavy atom. The molecule has 1 saturated heterocycles. The van der Waals surface area contributed by atoms with Crippen LogP contribution in [0.1, 0.15) is 47.3 Å². The molecule has 10 nitrogen and oxygen atoms in total. The minimum absolute atomic E-state index is 0.00701. The predicted octanol–water partition coefficient (Wildman–Crippen LogP) is 3.51. The van der Waals surface area contributed by atoms with Gasteiger partial charge in [-0.05, 0) is 55.5 Å². The first kappa shape index (κ1) is 25.7. The maximum absolute atomic E-state index is 14.9. The van der Waals surface area contributed by atoms with Gasteiger partial charge in [-0.25, -0.2) is 19.0 Å². The van der Waals surface area contributed by atoms with E-state index in [1.54, 1.807) is 19.4 Å². The van der Waals surface area contributed by atoms with Gasteiger partial charge in [0.2, 0.25) is 5.95 Å².